The summed E-state index contributed by atoms with van der Waals surface area (Å²) in [5.41, 5.74) is -0.412. The summed E-state index contributed by atoms with van der Waals surface area (Å²) in [6, 6.07) is 10.2. The van der Waals surface area contributed by atoms with E-state index in [1.54, 1.807) is 17.0 Å². The maximum absolute atomic E-state index is 12.6. The zero-order chi connectivity index (χ0) is 20.3. The molecule has 0 aromatic heterocycles. The first-order valence-electron chi connectivity index (χ1n) is 8.81. The number of benzene rings is 2. The van der Waals surface area contributed by atoms with Crippen molar-refractivity contribution < 1.29 is 27.9 Å². The van der Waals surface area contributed by atoms with Crippen molar-refractivity contribution in [3.63, 3.8) is 0 Å². The SMILES string of the molecule is O=C(NC1CCN(C(=O)c2ccc(C(F)(F)F)cc2)CC1)c1ccccc1O. The number of halogens is 3. The van der Waals surface area contributed by atoms with E-state index in [1.807, 2.05) is 0 Å². The minimum atomic E-state index is -4.44. The van der Waals surface area contributed by atoms with Gasteiger partial charge in [0.25, 0.3) is 11.8 Å². The lowest BCUT2D eigenvalue weighted by atomic mass is 10.0. The number of hydrogen-bond donors (Lipinski definition) is 2. The number of likely N-dealkylation sites (tertiary alicyclic amines) is 1. The molecule has 28 heavy (non-hydrogen) atoms. The quantitative estimate of drug-likeness (QED) is 0.841. The first-order chi connectivity index (χ1) is 13.3. The van der Waals surface area contributed by atoms with Crippen LogP contribution in [0.15, 0.2) is 48.5 Å². The van der Waals surface area contributed by atoms with Crippen molar-refractivity contribution in [3.05, 3.63) is 65.2 Å². The van der Waals surface area contributed by atoms with Crippen LogP contribution < -0.4 is 5.32 Å². The number of hydrogen-bond acceptors (Lipinski definition) is 3. The van der Waals surface area contributed by atoms with Gasteiger partial charge in [-0.3, -0.25) is 9.59 Å². The molecular formula is C20H19F3N2O3. The van der Waals surface area contributed by atoms with E-state index in [2.05, 4.69) is 5.32 Å². The van der Waals surface area contributed by atoms with Gasteiger partial charge in [0, 0.05) is 24.7 Å². The van der Waals surface area contributed by atoms with Gasteiger partial charge in [0.15, 0.2) is 0 Å². The number of rotatable bonds is 3. The number of carbonyl (C=O) groups excluding carboxylic acids is 2. The van der Waals surface area contributed by atoms with Crippen LogP contribution in [0.1, 0.15) is 39.1 Å². The first kappa shape index (κ1) is 19.7. The second-order valence-corrected chi connectivity index (χ2v) is 6.63. The molecule has 0 radical (unpaired) electrons. The number of nitrogens with one attached hydrogen (secondary N) is 1. The zero-order valence-corrected chi connectivity index (χ0v) is 14.9. The largest absolute Gasteiger partial charge is 0.507 e. The molecule has 2 aromatic carbocycles. The molecule has 3 rings (SSSR count). The van der Waals surface area contributed by atoms with E-state index in [1.165, 1.54) is 24.3 Å². The third-order valence-corrected chi connectivity index (χ3v) is 4.73. The Bertz CT molecular complexity index is 858. The predicted octanol–water partition coefficient (Wildman–Crippen LogP) is 3.45. The fraction of sp³-hybridized carbons (Fsp3) is 0.300. The molecule has 0 aliphatic carbocycles. The summed E-state index contributed by atoms with van der Waals surface area (Å²) in [6.45, 7) is 0.761. The van der Waals surface area contributed by atoms with E-state index in [-0.39, 0.29) is 34.7 Å². The topological polar surface area (TPSA) is 69.6 Å². The van der Waals surface area contributed by atoms with Crippen LogP contribution in [0.5, 0.6) is 5.75 Å². The lowest BCUT2D eigenvalue weighted by Crippen LogP contribution is -2.46. The van der Waals surface area contributed by atoms with Gasteiger partial charge in [-0.2, -0.15) is 13.2 Å². The van der Waals surface area contributed by atoms with E-state index in [4.69, 9.17) is 0 Å². The number of amides is 2. The van der Waals surface area contributed by atoms with Gasteiger partial charge >= 0.3 is 6.18 Å². The van der Waals surface area contributed by atoms with Gasteiger partial charge in [0.2, 0.25) is 0 Å². The Labute approximate surface area is 159 Å². The maximum atomic E-state index is 12.6. The van der Waals surface area contributed by atoms with Crippen molar-refractivity contribution in [1.82, 2.24) is 10.2 Å². The summed E-state index contributed by atoms with van der Waals surface area (Å²) in [4.78, 5) is 26.3. The maximum Gasteiger partial charge on any atom is 0.416 e. The average molecular weight is 392 g/mol. The van der Waals surface area contributed by atoms with Crippen LogP contribution in [0, 0.1) is 0 Å². The Morgan fingerprint density at radius 3 is 2.18 bits per heavy atom. The van der Waals surface area contributed by atoms with Crippen LogP contribution in [0.25, 0.3) is 0 Å². The van der Waals surface area contributed by atoms with Gasteiger partial charge in [0.05, 0.1) is 11.1 Å². The second-order valence-electron chi connectivity index (χ2n) is 6.63. The van der Waals surface area contributed by atoms with Crippen LogP contribution >= 0.6 is 0 Å². The fourth-order valence-electron chi connectivity index (χ4n) is 3.14. The zero-order valence-electron chi connectivity index (χ0n) is 14.9. The highest BCUT2D eigenvalue weighted by molar-refractivity contribution is 5.97. The summed E-state index contributed by atoms with van der Waals surface area (Å²) < 4.78 is 37.9. The van der Waals surface area contributed by atoms with Crippen LogP contribution in [0.3, 0.4) is 0 Å². The molecule has 1 fully saturated rings. The van der Waals surface area contributed by atoms with Crippen molar-refractivity contribution in [1.29, 1.82) is 0 Å². The number of phenols is 1. The Morgan fingerprint density at radius 2 is 1.61 bits per heavy atom. The minimum absolute atomic E-state index is 0.102. The van der Waals surface area contributed by atoms with Crippen molar-refractivity contribution in [2.75, 3.05) is 13.1 Å². The fourth-order valence-corrected chi connectivity index (χ4v) is 3.14. The molecule has 2 N–H and O–H groups in total. The molecular weight excluding hydrogens is 373 g/mol. The smallest absolute Gasteiger partial charge is 0.416 e. The highest BCUT2D eigenvalue weighted by Gasteiger charge is 2.31. The van der Waals surface area contributed by atoms with Gasteiger partial charge in [-0.1, -0.05) is 12.1 Å². The van der Waals surface area contributed by atoms with Gasteiger partial charge in [0.1, 0.15) is 5.75 Å². The van der Waals surface area contributed by atoms with Crippen molar-refractivity contribution >= 4 is 11.8 Å². The number of para-hydroxylation sites is 1. The number of carbonyl (C=O) groups is 2. The van der Waals surface area contributed by atoms with Gasteiger partial charge in [-0.05, 0) is 49.2 Å². The molecule has 8 heteroatoms. The number of alkyl halides is 3. The van der Waals surface area contributed by atoms with E-state index < -0.39 is 11.7 Å². The molecule has 2 amide bonds. The molecule has 1 aliphatic rings. The van der Waals surface area contributed by atoms with Gasteiger partial charge in [-0.15, -0.1) is 0 Å². The van der Waals surface area contributed by atoms with Gasteiger partial charge < -0.3 is 15.3 Å². The Kier molecular flexibility index (Phi) is 5.58. The average Bonchev–Trinajstić information content (AvgIpc) is 2.68. The first-order valence-corrected chi connectivity index (χ1v) is 8.81. The van der Waals surface area contributed by atoms with Crippen molar-refractivity contribution in [3.8, 4) is 5.75 Å². The standard InChI is InChI=1S/C20H19F3N2O3/c21-20(22,23)14-7-5-13(6-8-14)19(28)25-11-9-15(10-12-25)24-18(27)16-3-1-2-4-17(16)26/h1-8,15,26H,9-12H2,(H,24,27). The number of aromatic hydroxyl groups is 1. The summed E-state index contributed by atoms with van der Waals surface area (Å²) in [5, 5.41) is 12.6. The lowest BCUT2D eigenvalue weighted by molar-refractivity contribution is -0.137. The third kappa shape index (κ3) is 4.44. The highest BCUT2D eigenvalue weighted by Crippen LogP contribution is 2.29. The second kappa shape index (κ2) is 7.92. The Morgan fingerprint density at radius 1 is 1.00 bits per heavy atom. The predicted molar refractivity (Wildman–Crippen MR) is 95.9 cm³/mol. The van der Waals surface area contributed by atoms with E-state index in [0.717, 1.165) is 12.1 Å². The van der Waals surface area contributed by atoms with Gasteiger partial charge in [-0.25, -0.2) is 0 Å². The van der Waals surface area contributed by atoms with Crippen LogP contribution in [0.2, 0.25) is 0 Å². The number of nitrogens with zero attached hydrogens (tertiary/aromatic N) is 1. The molecule has 0 bridgehead atoms. The molecule has 0 atom stereocenters. The monoisotopic (exact) mass is 392 g/mol. The Hall–Kier alpha value is -3.03. The third-order valence-electron chi connectivity index (χ3n) is 4.73. The summed E-state index contributed by atoms with van der Waals surface area (Å²) >= 11 is 0. The molecule has 1 aliphatic heterocycles. The molecule has 0 saturated carbocycles. The molecule has 1 heterocycles. The minimum Gasteiger partial charge on any atom is -0.507 e. The lowest BCUT2D eigenvalue weighted by Gasteiger charge is -2.32. The van der Waals surface area contributed by atoms with Crippen molar-refractivity contribution in [2.24, 2.45) is 0 Å². The van der Waals surface area contributed by atoms with E-state index in [0.29, 0.717) is 25.9 Å². The molecule has 5 nitrogen and oxygen atoms in total. The molecule has 148 valence electrons. The molecule has 2 aromatic rings. The van der Waals surface area contributed by atoms with Crippen molar-refractivity contribution in [2.45, 2.75) is 25.1 Å². The van der Waals surface area contributed by atoms with Crippen LogP contribution in [0.4, 0.5) is 13.2 Å². The van der Waals surface area contributed by atoms with E-state index in [9.17, 15) is 27.9 Å². The number of phenolic OH excluding ortho intramolecular Hbond substituents is 1. The Balaban J connectivity index is 1.55. The summed E-state index contributed by atoms with van der Waals surface area (Å²) in [7, 11) is 0. The normalized spacial score (nSPS) is 15.3. The number of piperidine rings is 1. The highest BCUT2D eigenvalue weighted by atomic mass is 19.4. The van der Waals surface area contributed by atoms with Crippen LogP contribution in [-0.4, -0.2) is 41.0 Å². The summed E-state index contributed by atoms with van der Waals surface area (Å²) in [5.74, 6) is -0.820. The molecule has 1 saturated heterocycles. The summed E-state index contributed by atoms with van der Waals surface area (Å²) in [6.07, 6.45) is -3.40. The van der Waals surface area contributed by atoms with E-state index >= 15 is 0 Å². The molecule has 0 spiro atoms. The molecule has 0 unspecified atom stereocenters. The van der Waals surface area contributed by atoms with Crippen LogP contribution in [-0.2, 0) is 6.18 Å².